The number of likely N-dealkylation sites (tertiary alicyclic amines) is 1. The van der Waals surface area contributed by atoms with Crippen molar-refractivity contribution in [3.63, 3.8) is 0 Å². The van der Waals surface area contributed by atoms with E-state index in [1.54, 1.807) is 40.0 Å². The van der Waals surface area contributed by atoms with E-state index in [0.717, 1.165) is 11.1 Å². The van der Waals surface area contributed by atoms with E-state index in [1.165, 1.54) is 26.2 Å². The van der Waals surface area contributed by atoms with E-state index in [4.69, 9.17) is 14.2 Å². The van der Waals surface area contributed by atoms with E-state index in [1.807, 2.05) is 60.7 Å². The third kappa shape index (κ3) is 6.80. The van der Waals surface area contributed by atoms with Gasteiger partial charge in [0.15, 0.2) is 5.78 Å². The van der Waals surface area contributed by atoms with Gasteiger partial charge in [-0.2, -0.15) is 4.98 Å². The number of nitrogens with zero attached hydrogens (tertiary/aromatic N) is 4. The largest absolute Gasteiger partial charge is 0.473 e. The maximum absolute atomic E-state index is 15.7. The summed E-state index contributed by atoms with van der Waals surface area (Å²) in [4.78, 5) is 46.0. The molecule has 10 nitrogen and oxygen atoms in total. The first kappa shape index (κ1) is 32.5. The second-order valence-electron chi connectivity index (χ2n) is 12.7. The summed E-state index contributed by atoms with van der Waals surface area (Å²) in [6, 6.07) is 25.3. The summed E-state index contributed by atoms with van der Waals surface area (Å²) in [5.74, 6) is -1.37. The minimum atomic E-state index is -0.866. The van der Waals surface area contributed by atoms with Gasteiger partial charge in [0.25, 0.3) is 0 Å². The van der Waals surface area contributed by atoms with E-state index in [9.17, 15) is 14.4 Å². The van der Waals surface area contributed by atoms with Gasteiger partial charge in [0.1, 0.15) is 30.3 Å². The molecule has 48 heavy (non-hydrogen) atoms. The Morgan fingerprint density at radius 3 is 2.17 bits per heavy atom. The van der Waals surface area contributed by atoms with E-state index in [2.05, 4.69) is 4.98 Å². The summed E-state index contributed by atoms with van der Waals surface area (Å²) in [6.45, 7) is 5.67. The number of aryl methyl sites for hydroxylation is 1. The molecule has 1 unspecified atom stereocenters. The van der Waals surface area contributed by atoms with Gasteiger partial charge in [0.05, 0.1) is 23.5 Å². The van der Waals surface area contributed by atoms with Crippen LogP contribution in [0.15, 0.2) is 89.7 Å². The predicted molar refractivity (Wildman–Crippen MR) is 178 cm³/mol. The number of piperidine rings is 1. The molecule has 1 atom stereocenters. The molecule has 0 aliphatic carbocycles. The van der Waals surface area contributed by atoms with Crippen LogP contribution < -0.4 is 15.2 Å². The van der Waals surface area contributed by atoms with Crippen molar-refractivity contribution in [1.82, 2.24) is 19.0 Å². The lowest BCUT2D eigenvalue weighted by atomic mass is 9.87. The molecule has 0 saturated carbocycles. The van der Waals surface area contributed by atoms with Gasteiger partial charge in [-0.15, -0.1) is 0 Å². The number of pyridine rings is 1. The molecular weight excluding hydrogens is 615 g/mol. The summed E-state index contributed by atoms with van der Waals surface area (Å²) in [5, 5.41) is 0. The van der Waals surface area contributed by atoms with Crippen LogP contribution in [0.2, 0.25) is 0 Å². The molecule has 1 saturated heterocycles. The van der Waals surface area contributed by atoms with Crippen molar-refractivity contribution in [3.05, 3.63) is 118 Å². The number of carbonyl (C=O) groups excluding carboxylic acids is 2. The second-order valence-corrected chi connectivity index (χ2v) is 12.7. The van der Waals surface area contributed by atoms with Gasteiger partial charge in [-0.1, -0.05) is 60.7 Å². The van der Waals surface area contributed by atoms with Crippen molar-refractivity contribution in [1.29, 1.82) is 0 Å². The molecule has 1 aliphatic rings. The number of halogens is 1. The van der Waals surface area contributed by atoms with Crippen molar-refractivity contribution >= 4 is 22.9 Å². The zero-order valence-electron chi connectivity index (χ0n) is 27.3. The Hall–Kier alpha value is -5.45. The Morgan fingerprint density at radius 1 is 0.896 bits per heavy atom. The molecule has 2 aromatic heterocycles. The van der Waals surface area contributed by atoms with Crippen LogP contribution in [0, 0.1) is 5.82 Å². The van der Waals surface area contributed by atoms with Gasteiger partial charge < -0.3 is 19.1 Å². The molecule has 0 radical (unpaired) electrons. The van der Waals surface area contributed by atoms with Crippen molar-refractivity contribution in [2.75, 3.05) is 13.1 Å². The van der Waals surface area contributed by atoms with Gasteiger partial charge in [0, 0.05) is 25.2 Å². The molecule has 3 heterocycles. The summed E-state index contributed by atoms with van der Waals surface area (Å²) >= 11 is 0. The van der Waals surface area contributed by atoms with Crippen molar-refractivity contribution < 1.29 is 28.2 Å². The zero-order valence-corrected chi connectivity index (χ0v) is 27.3. The maximum atomic E-state index is 15.7. The van der Waals surface area contributed by atoms with Crippen molar-refractivity contribution in [2.24, 2.45) is 7.05 Å². The highest BCUT2D eigenvalue weighted by atomic mass is 19.1. The number of benzene rings is 3. The standard InChI is InChI=1S/C37H37FN4O6/c1-37(2,3)48-36(45)41-20-19-26(30(43)21-41)32-27(38)15-16-28-33(32)40(4)35(44)42(28)29-17-18-31(46-22-24-11-7-5-8-12-24)39-34(29)47-23-25-13-9-6-10-14-25/h5-18,26H,19-23H2,1-4H3. The van der Waals surface area contributed by atoms with Crippen LogP contribution in [0.25, 0.3) is 16.7 Å². The van der Waals surface area contributed by atoms with Gasteiger partial charge in [-0.25, -0.2) is 14.0 Å². The molecule has 3 aromatic carbocycles. The molecule has 1 fully saturated rings. The van der Waals surface area contributed by atoms with Crippen LogP contribution >= 0.6 is 0 Å². The van der Waals surface area contributed by atoms with Crippen LogP contribution in [0.4, 0.5) is 9.18 Å². The number of rotatable bonds is 8. The van der Waals surface area contributed by atoms with E-state index in [-0.39, 0.29) is 55.5 Å². The average molecular weight is 653 g/mol. The van der Waals surface area contributed by atoms with Gasteiger partial charge in [-0.3, -0.25) is 13.9 Å². The van der Waals surface area contributed by atoms with Crippen LogP contribution in [-0.4, -0.2) is 49.6 Å². The second kappa shape index (κ2) is 13.3. The molecule has 11 heteroatoms. The number of hydrogen-bond acceptors (Lipinski definition) is 7. The smallest absolute Gasteiger partial charge is 0.410 e. The minimum Gasteiger partial charge on any atom is -0.473 e. The molecule has 6 rings (SSSR count). The van der Waals surface area contributed by atoms with Gasteiger partial charge in [0.2, 0.25) is 11.8 Å². The number of hydrogen-bond donors (Lipinski definition) is 0. The Morgan fingerprint density at radius 2 is 1.54 bits per heavy atom. The number of ether oxygens (including phenoxy) is 3. The van der Waals surface area contributed by atoms with Crippen LogP contribution in [-0.2, 0) is 29.8 Å². The van der Waals surface area contributed by atoms with Gasteiger partial charge >= 0.3 is 11.8 Å². The lowest BCUT2D eigenvalue weighted by Gasteiger charge is -2.33. The van der Waals surface area contributed by atoms with Crippen molar-refractivity contribution in [2.45, 2.75) is 51.9 Å². The average Bonchev–Trinajstić information content (AvgIpc) is 3.32. The quantitative estimate of drug-likeness (QED) is 0.193. The summed E-state index contributed by atoms with van der Waals surface area (Å²) in [7, 11) is 1.54. The fourth-order valence-corrected chi connectivity index (χ4v) is 5.86. The molecule has 1 aliphatic heterocycles. The Kier molecular flexibility index (Phi) is 9.03. The third-order valence-corrected chi connectivity index (χ3v) is 8.12. The lowest BCUT2D eigenvalue weighted by Crippen LogP contribution is -2.45. The molecule has 0 spiro atoms. The fourth-order valence-electron chi connectivity index (χ4n) is 5.86. The Balaban J connectivity index is 1.38. The molecule has 0 bridgehead atoms. The molecule has 0 N–H and O–H groups in total. The molecular formula is C37H37FN4O6. The summed E-state index contributed by atoms with van der Waals surface area (Å²) < 4.78 is 36.1. The SMILES string of the molecule is Cn1c(=O)n(-c2ccc(OCc3ccccc3)nc2OCc2ccccc2)c2ccc(F)c(C3CCN(C(=O)OC(C)(C)C)CC3=O)c21. The first-order valence-electron chi connectivity index (χ1n) is 15.8. The van der Waals surface area contributed by atoms with E-state index < -0.39 is 29.1 Å². The van der Waals surface area contributed by atoms with Crippen LogP contribution in [0.1, 0.15) is 49.8 Å². The summed E-state index contributed by atoms with van der Waals surface area (Å²) in [6.07, 6.45) is -0.424. The lowest BCUT2D eigenvalue weighted by molar-refractivity contribution is -0.123. The Bertz CT molecular complexity index is 2020. The fraction of sp³-hybridized carbons (Fsp3) is 0.297. The third-order valence-electron chi connectivity index (χ3n) is 8.12. The summed E-state index contributed by atoms with van der Waals surface area (Å²) in [5.41, 5.74) is 1.76. The highest BCUT2D eigenvalue weighted by molar-refractivity contribution is 5.95. The monoisotopic (exact) mass is 652 g/mol. The minimum absolute atomic E-state index is 0.113. The number of amides is 1. The number of Topliss-reactive ketones (excluding diaryl/α,β-unsaturated/α-hetero) is 1. The van der Waals surface area contributed by atoms with E-state index >= 15 is 4.39 Å². The number of aromatic nitrogens is 3. The van der Waals surface area contributed by atoms with Crippen LogP contribution in [0.5, 0.6) is 11.8 Å². The van der Waals surface area contributed by atoms with Gasteiger partial charge in [-0.05, 0) is 56.5 Å². The highest BCUT2D eigenvalue weighted by Gasteiger charge is 2.36. The number of imidazole rings is 1. The number of carbonyl (C=O) groups is 2. The highest BCUT2D eigenvalue weighted by Crippen LogP contribution is 2.35. The van der Waals surface area contributed by atoms with E-state index in [0.29, 0.717) is 17.1 Å². The topological polar surface area (TPSA) is 105 Å². The van der Waals surface area contributed by atoms with Crippen molar-refractivity contribution in [3.8, 4) is 17.4 Å². The zero-order chi connectivity index (χ0) is 34.0. The number of ketones is 1. The molecule has 5 aromatic rings. The Labute approximate surface area is 277 Å². The van der Waals surface area contributed by atoms with Crippen LogP contribution in [0.3, 0.4) is 0 Å². The first-order chi connectivity index (χ1) is 23.0. The number of fused-ring (bicyclic) bond motifs is 1. The molecule has 248 valence electrons. The maximum Gasteiger partial charge on any atom is 0.410 e. The first-order valence-corrected chi connectivity index (χ1v) is 15.8. The normalized spacial score (nSPS) is 15.1. The predicted octanol–water partition coefficient (Wildman–Crippen LogP) is 6.31. The molecule has 1 amide bonds.